The van der Waals surface area contributed by atoms with Gasteiger partial charge in [0.2, 0.25) is 0 Å². The zero-order valence-corrected chi connectivity index (χ0v) is 17.2. The molecule has 2 aromatic carbocycles. The molecule has 0 aliphatic carbocycles. The van der Waals surface area contributed by atoms with Gasteiger partial charge in [0.05, 0.1) is 30.5 Å². The molecule has 7 heteroatoms. The average Bonchev–Trinajstić information content (AvgIpc) is 3.24. The van der Waals surface area contributed by atoms with Gasteiger partial charge in [0.25, 0.3) is 0 Å². The molecule has 5 rings (SSSR count). The highest BCUT2D eigenvalue weighted by atomic mass is 16.5. The minimum atomic E-state index is -0.101. The van der Waals surface area contributed by atoms with E-state index in [9.17, 15) is 0 Å². The first-order chi connectivity index (χ1) is 14.7. The molecule has 0 amide bonds. The molecule has 7 nitrogen and oxygen atoms in total. The first-order valence-electron chi connectivity index (χ1n) is 10.2. The zero-order chi connectivity index (χ0) is 20.5. The molecule has 4 aromatic rings. The van der Waals surface area contributed by atoms with E-state index in [0.717, 1.165) is 52.2 Å². The largest absolute Gasteiger partial charge is 0.379 e. The second-order valence-electron chi connectivity index (χ2n) is 7.66. The molecule has 0 radical (unpaired) electrons. The first kappa shape index (κ1) is 18.8. The molecule has 2 aromatic heterocycles. The number of nitrogens with zero attached hydrogens (tertiary/aromatic N) is 6. The predicted molar refractivity (Wildman–Crippen MR) is 115 cm³/mol. The molecule has 0 spiro atoms. The third-order valence-corrected chi connectivity index (χ3v) is 5.78. The van der Waals surface area contributed by atoms with Gasteiger partial charge in [-0.3, -0.25) is 9.88 Å². The van der Waals surface area contributed by atoms with E-state index in [1.807, 2.05) is 23.0 Å². The smallest absolute Gasteiger partial charge is 0.178 e. The summed E-state index contributed by atoms with van der Waals surface area (Å²) < 4.78 is 7.53. The zero-order valence-electron chi connectivity index (χ0n) is 17.2. The van der Waals surface area contributed by atoms with E-state index in [-0.39, 0.29) is 6.04 Å². The minimum absolute atomic E-state index is 0.101. The Hall–Kier alpha value is -3.16. The van der Waals surface area contributed by atoms with Crippen molar-refractivity contribution in [2.24, 2.45) is 0 Å². The maximum absolute atomic E-state index is 5.63. The Bertz CT molecular complexity index is 1160. The topological polar surface area (TPSA) is 69.0 Å². The van der Waals surface area contributed by atoms with Gasteiger partial charge in [0.15, 0.2) is 5.82 Å². The van der Waals surface area contributed by atoms with E-state index in [4.69, 9.17) is 4.74 Å². The number of para-hydroxylation sites is 2. The van der Waals surface area contributed by atoms with Crippen molar-refractivity contribution in [1.82, 2.24) is 30.1 Å². The number of pyridine rings is 1. The highest BCUT2D eigenvalue weighted by Crippen LogP contribution is 2.34. The maximum Gasteiger partial charge on any atom is 0.178 e. The normalized spacial score (nSPS) is 16.1. The van der Waals surface area contributed by atoms with Gasteiger partial charge in [-0.15, -0.1) is 5.10 Å². The molecule has 0 saturated carbocycles. The maximum atomic E-state index is 5.63. The van der Waals surface area contributed by atoms with Gasteiger partial charge < -0.3 is 4.74 Å². The van der Waals surface area contributed by atoms with Crippen LogP contribution in [0.15, 0.2) is 54.7 Å². The Morgan fingerprint density at radius 2 is 1.70 bits per heavy atom. The number of aryl methyl sites for hydroxylation is 2. The van der Waals surface area contributed by atoms with Gasteiger partial charge >= 0.3 is 0 Å². The van der Waals surface area contributed by atoms with Gasteiger partial charge in [0, 0.05) is 24.7 Å². The lowest BCUT2D eigenvalue weighted by Gasteiger charge is -2.34. The minimum Gasteiger partial charge on any atom is -0.379 e. The lowest BCUT2D eigenvalue weighted by molar-refractivity contribution is 0.0223. The summed E-state index contributed by atoms with van der Waals surface area (Å²) in [4.78, 5) is 6.96. The molecular weight excluding hydrogens is 376 g/mol. The monoisotopic (exact) mass is 400 g/mol. The summed E-state index contributed by atoms with van der Waals surface area (Å²) in [7, 11) is 0. The third-order valence-electron chi connectivity index (χ3n) is 5.78. The number of tetrazole rings is 1. The van der Waals surface area contributed by atoms with Crippen molar-refractivity contribution < 1.29 is 4.74 Å². The molecule has 1 saturated heterocycles. The van der Waals surface area contributed by atoms with Crippen LogP contribution in [0.1, 0.15) is 28.6 Å². The van der Waals surface area contributed by atoms with Crippen LogP contribution in [0.25, 0.3) is 16.6 Å². The fourth-order valence-corrected chi connectivity index (χ4v) is 4.35. The van der Waals surface area contributed by atoms with Crippen LogP contribution in [0.4, 0.5) is 0 Å². The molecular formula is C23H24N6O. The molecule has 152 valence electrons. The van der Waals surface area contributed by atoms with Crippen molar-refractivity contribution in [3.05, 3.63) is 77.2 Å². The number of aromatic nitrogens is 5. The molecule has 1 aliphatic rings. The Morgan fingerprint density at radius 3 is 2.50 bits per heavy atom. The van der Waals surface area contributed by atoms with Crippen LogP contribution in [-0.4, -0.2) is 56.4 Å². The lowest BCUT2D eigenvalue weighted by Crippen LogP contribution is -2.40. The Morgan fingerprint density at radius 1 is 0.933 bits per heavy atom. The first-order valence-corrected chi connectivity index (χ1v) is 10.2. The second kappa shape index (κ2) is 7.93. The lowest BCUT2D eigenvalue weighted by atomic mass is 9.99. The Balaban J connectivity index is 1.73. The summed E-state index contributed by atoms with van der Waals surface area (Å²) in [6, 6.07) is 16.5. The summed E-state index contributed by atoms with van der Waals surface area (Å²) in [6.07, 6.45) is 1.87. The van der Waals surface area contributed by atoms with E-state index in [0.29, 0.717) is 13.2 Å². The second-order valence-corrected chi connectivity index (χ2v) is 7.66. The van der Waals surface area contributed by atoms with E-state index >= 15 is 0 Å². The number of hydrogen-bond acceptors (Lipinski definition) is 6. The highest BCUT2D eigenvalue weighted by molar-refractivity contribution is 5.82. The van der Waals surface area contributed by atoms with Crippen LogP contribution in [0.2, 0.25) is 0 Å². The van der Waals surface area contributed by atoms with Crippen molar-refractivity contribution in [2.75, 3.05) is 26.3 Å². The number of ether oxygens (including phenoxy) is 1. The fraction of sp³-hybridized carbons (Fsp3) is 0.304. The molecule has 3 heterocycles. The summed E-state index contributed by atoms with van der Waals surface area (Å²) in [6.45, 7) is 7.23. The number of rotatable bonds is 4. The van der Waals surface area contributed by atoms with E-state index in [1.165, 1.54) is 0 Å². The van der Waals surface area contributed by atoms with Crippen molar-refractivity contribution in [2.45, 2.75) is 19.9 Å². The van der Waals surface area contributed by atoms with E-state index in [1.54, 1.807) is 0 Å². The van der Waals surface area contributed by atoms with Gasteiger partial charge in [-0.05, 0) is 53.1 Å². The van der Waals surface area contributed by atoms with Crippen LogP contribution < -0.4 is 0 Å². The predicted octanol–water partition coefficient (Wildman–Crippen LogP) is 3.25. The molecule has 1 fully saturated rings. The SMILES string of the molecule is Cc1cccc(C)c1-n1nnnc1C(c1ccnc2ccccc12)N1CCOCC1. The molecule has 1 unspecified atom stereocenters. The number of benzene rings is 2. The highest BCUT2D eigenvalue weighted by Gasteiger charge is 2.31. The summed E-state index contributed by atoms with van der Waals surface area (Å²) in [5.74, 6) is 0.811. The number of morpholine rings is 1. The van der Waals surface area contributed by atoms with E-state index in [2.05, 4.69) is 75.7 Å². The van der Waals surface area contributed by atoms with Crippen LogP contribution in [0.3, 0.4) is 0 Å². The number of fused-ring (bicyclic) bond motifs is 1. The van der Waals surface area contributed by atoms with Gasteiger partial charge in [-0.2, -0.15) is 4.68 Å². The quantitative estimate of drug-likeness (QED) is 0.524. The van der Waals surface area contributed by atoms with Crippen molar-refractivity contribution in [1.29, 1.82) is 0 Å². The summed E-state index contributed by atoms with van der Waals surface area (Å²) in [5, 5.41) is 14.2. The van der Waals surface area contributed by atoms with Gasteiger partial charge in [0.1, 0.15) is 0 Å². The van der Waals surface area contributed by atoms with Crippen molar-refractivity contribution >= 4 is 10.9 Å². The van der Waals surface area contributed by atoms with E-state index < -0.39 is 0 Å². The molecule has 1 atom stereocenters. The number of hydrogen-bond donors (Lipinski definition) is 0. The summed E-state index contributed by atoms with van der Waals surface area (Å²) >= 11 is 0. The summed E-state index contributed by atoms with van der Waals surface area (Å²) in [5.41, 5.74) is 5.45. The molecule has 1 aliphatic heterocycles. The van der Waals surface area contributed by atoms with Crippen molar-refractivity contribution in [3.63, 3.8) is 0 Å². The van der Waals surface area contributed by atoms with Crippen LogP contribution in [-0.2, 0) is 4.74 Å². The molecule has 30 heavy (non-hydrogen) atoms. The van der Waals surface area contributed by atoms with Crippen LogP contribution in [0.5, 0.6) is 0 Å². The average molecular weight is 400 g/mol. The Labute approximate surface area is 175 Å². The fourth-order valence-electron chi connectivity index (χ4n) is 4.35. The molecule has 0 N–H and O–H groups in total. The van der Waals surface area contributed by atoms with Crippen LogP contribution >= 0.6 is 0 Å². The van der Waals surface area contributed by atoms with Gasteiger partial charge in [-0.25, -0.2) is 0 Å². The van der Waals surface area contributed by atoms with Crippen molar-refractivity contribution in [3.8, 4) is 5.69 Å². The third kappa shape index (κ3) is 3.26. The van der Waals surface area contributed by atoms with Crippen LogP contribution in [0, 0.1) is 13.8 Å². The standard InChI is InChI=1S/C23H24N6O/c1-16-6-5-7-17(2)21(16)29-23(25-26-27-29)22(28-12-14-30-15-13-28)19-10-11-24-20-9-4-3-8-18(19)20/h3-11,22H,12-15H2,1-2H3. The molecule has 0 bridgehead atoms. The Kier molecular flexibility index (Phi) is 4.98. The van der Waals surface area contributed by atoms with Gasteiger partial charge in [-0.1, -0.05) is 36.4 Å².